The Bertz CT molecular complexity index is 427. The molecule has 198 valence electrons. The normalized spacial score (nSPS) is 12.5. The van der Waals surface area contributed by atoms with Crippen LogP contribution < -0.4 is 5.32 Å². The van der Waals surface area contributed by atoms with Gasteiger partial charge in [0.1, 0.15) is 0 Å². The van der Waals surface area contributed by atoms with Crippen molar-refractivity contribution >= 4 is 0 Å². The largest absolute Gasteiger partial charge is 0.412 e. The molecule has 1 unspecified atom stereocenters. The summed E-state index contributed by atoms with van der Waals surface area (Å²) in [4.78, 5) is 0. The quantitative estimate of drug-likeness (QED) is 0.368. The van der Waals surface area contributed by atoms with Gasteiger partial charge in [-0.3, -0.25) is 0 Å². The van der Waals surface area contributed by atoms with Crippen LogP contribution in [0.3, 0.4) is 0 Å². The van der Waals surface area contributed by atoms with Gasteiger partial charge in [0.15, 0.2) is 0 Å². The van der Waals surface area contributed by atoms with E-state index in [2.05, 4.69) is 64.2 Å². The summed E-state index contributed by atoms with van der Waals surface area (Å²) in [5, 5.41) is 10.7. The summed E-state index contributed by atoms with van der Waals surface area (Å²) >= 11 is 0. The van der Waals surface area contributed by atoms with Crippen molar-refractivity contribution in [1.82, 2.24) is 5.32 Å². The molecule has 0 aliphatic heterocycles. The first-order chi connectivity index (χ1) is 13.6. The molecule has 1 aliphatic rings. The van der Waals surface area contributed by atoms with Gasteiger partial charge in [0.2, 0.25) is 0 Å². The summed E-state index contributed by atoms with van der Waals surface area (Å²) in [6, 6.07) is 8.92. The molecule has 0 aromatic heterocycles. The second-order valence-corrected chi connectivity index (χ2v) is 7.68. The number of hydrogen-bond donors (Lipinski definition) is 2. The lowest BCUT2D eigenvalue weighted by Gasteiger charge is -2.34. The van der Waals surface area contributed by atoms with E-state index in [9.17, 15) is 0 Å². The topological polar surface area (TPSA) is 63.8 Å². The van der Waals surface area contributed by atoms with Crippen LogP contribution in [0.25, 0.3) is 0 Å². The van der Waals surface area contributed by atoms with E-state index < -0.39 is 0 Å². The number of unbranched alkanes of at least 4 members (excludes halogenated alkanes) is 2. The number of nitrogens with one attached hydrogen (secondary N) is 1. The molecule has 0 amide bonds. The van der Waals surface area contributed by atoms with Crippen molar-refractivity contribution in [3.8, 4) is 0 Å². The molecule has 1 saturated carbocycles. The molecule has 1 aromatic rings. The average Bonchev–Trinajstić information content (AvgIpc) is 3.61. The van der Waals surface area contributed by atoms with Crippen LogP contribution in [0.15, 0.2) is 24.3 Å². The third-order valence-corrected chi connectivity index (χ3v) is 5.60. The fourth-order valence-electron chi connectivity index (χ4n) is 3.41. The lowest BCUT2D eigenvalue weighted by Crippen LogP contribution is -2.35. The van der Waals surface area contributed by atoms with E-state index in [1.54, 1.807) is 0 Å². The van der Waals surface area contributed by atoms with E-state index in [1.807, 2.05) is 13.8 Å². The molecular formula is C29H65NO2. The highest BCUT2D eigenvalue weighted by Crippen LogP contribution is 2.50. The summed E-state index contributed by atoms with van der Waals surface area (Å²) in [5.41, 5.74) is 3.32. The minimum atomic E-state index is 0. The molecule has 32 heavy (non-hydrogen) atoms. The zero-order valence-electron chi connectivity index (χ0n) is 20.9. The second-order valence-electron chi connectivity index (χ2n) is 7.68. The maximum atomic E-state index is 7.00. The summed E-state index contributed by atoms with van der Waals surface area (Å²) in [6.45, 7) is 17.4. The predicted octanol–water partition coefficient (Wildman–Crippen LogP) is 8.61. The van der Waals surface area contributed by atoms with Crippen LogP contribution in [0, 0.1) is 18.3 Å². The minimum absolute atomic E-state index is 0. The number of aliphatic hydroxyl groups is 1. The van der Waals surface area contributed by atoms with Gasteiger partial charge in [-0.15, -0.1) is 0 Å². The molecule has 0 bridgehead atoms. The van der Waals surface area contributed by atoms with Crippen molar-refractivity contribution in [3.05, 3.63) is 35.4 Å². The summed E-state index contributed by atoms with van der Waals surface area (Å²) in [6.07, 6.45) is 11.0. The first kappa shape index (κ1) is 44.7. The van der Waals surface area contributed by atoms with Gasteiger partial charge in [-0.1, -0.05) is 119 Å². The van der Waals surface area contributed by atoms with E-state index >= 15 is 0 Å². The van der Waals surface area contributed by atoms with Crippen molar-refractivity contribution < 1.29 is 10.6 Å². The van der Waals surface area contributed by atoms with Gasteiger partial charge in [0.05, 0.1) is 0 Å². The lowest BCUT2D eigenvalue weighted by molar-refractivity contribution is 0.191. The van der Waals surface area contributed by atoms with E-state index in [1.165, 1.54) is 69.0 Å². The molecule has 1 atom stereocenters. The fourth-order valence-corrected chi connectivity index (χ4v) is 3.41. The van der Waals surface area contributed by atoms with Crippen LogP contribution in [0.5, 0.6) is 0 Å². The van der Waals surface area contributed by atoms with Crippen molar-refractivity contribution in [2.24, 2.45) is 11.3 Å². The second kappa shape index (κ2) is 30.1. The van der Waals surface area contributed by atoms with Gasteiger partial charge in [0.25, 0.3) is 0 Å². The Hall–Kier alpha value is -0.900. The number of rotatable bonds is 10. The standard InChI is InChI=1S/C19H31N.C4H10.C2H6.CH4O.3CH4.H2O/c1-4-6-13-19(5-2,18-11-12-18)15-20-14-17-9-7-16(3)8-10-17;1-3-4-2;2*1-2;;;;/h7-10,18,20H,4-6,11-15H2,1-3H3;3-4H2,1-2H3;1-2H3;2H,1H3;3*1H4;1H2. The molecule has 0 spiro atoms. The van der Waals surface area contributed by atoms with Gasteiger partial charge in [-0.05, 0) is 49.5 Å². The van der Waals surface area contributed by atoms with Gasteiger partial charge in [-0.25, -0.2) is 0 Å². The van der Waals surface area contributed by atoms with Crippen molar-refractivity contribution in [1.29, 1.82) is 0 Å². The van der Waals surface area contributed by atoms with Crippen LogP contribution >= 0.6 is 0 Å². The summed E-state index contributed by atoms with van der Waals surface area (Å²) in [5.74, 6) is 0.990. The SMILES string of the molecule is C.C.C.CC.CCCC.CCCCC(CC)(CNCc1ccc(C)cc1)C1CC1.CO.O. The van der Waals surface area contributed by atoms with Gasteiger partial charge in [-0.2, -0.15) is 0 Å². The molecule has 1 aliphatic carbocycles. The zero-order chi connectivity index (χ0) is 21.8. The number of aryl methyl sites for hydroxylation is 1. The summed E-state index contributed by atoms with van der Waals surface area (Å²) < 4.78 is 0. The lowest BCUT2D eigenvalue weighted by atomic mass is 9.75. The van der Waals surface area contributed by atoms with Crippen LogP contribution in [0.2, 0.25) is 0 Å². The van der Waals surface area contributed by atoms with Crippen molar-refractivity contribution in [3.63, 3.8) is 0 Å². The first-order valence-corrected chi connectivity index (χ1v) is 11.8. The minimum Gasteiger partial charge on any atom is -0.412 e. The Morgan fingerprint density at radius 1 is 0.875 bits per heavy atom. The molecule has 3 nitrogen and oxygen atoms in total. The molecule has 4 N–H and O–H groups in total. The highest BCUT2D eigenvalue weighted by atomic mass is 16.2. The fraction of sp³-hybridized carbons (Fsp3) is 0.793. The Kier molecular flexibility index (Phi) is 42.1. The average molecular weight is 460 g/mol. The van der Waals surface area contributed by atoms with Crippen LogP contribution in [0.1, 0.15) is 126 Å². The van der Waals surface area contributed by atoms with E-state index in [0.29, 0.717) is 5.41 Å². The Labute approximate surface area is 205 Å². The highest BCUT2D eigenvalue weighted by Gasteiger charge is 2.42. The predicted molar refractivity (Wildman–Crippen MR) is 152 cm³/mol. The maximum Gasteiger partial charge on any atom is 0.0319 e. The number of hydrogen-bond acceptors (Lipinski definition) is 2. The molecular weight excluding hydrogens is 394 g/mol. The molecule has 1 aromatic carbocycles. The molecule has 0 radical (unpaired) electrons. The third-order valence-electron chi connectivity index (χ3n) is 5.60. The van der Waals surface area contributed by atoms with Crippen LogP contribution in [-0.4, -0.2) is 24.2 Å². The van der Waals surface area contributed by atoms with Gasteiger partial charge < -0.3 is 15.9 Å². The molecule has 3 heteroatoms. The molecule has 2 rings (SSSR count). The Morgan fingerprint density at radius 3 is 1.69 bits per heavy atom. The number of aliphatic hydroxyl groups excluding tert-OH is 1. The third kappa shape index (κ3) is 19.8. The van der Waals surface area contributed by atoms with Crippen LogP contribution in [0.4, 0.5) is 0 Å². The highest BCUT2D eigenvalue weighted by molar-refractivity contribution is 5.21. The van der Waals surface area contributed by atoms with Crippen molar-refractivity contribution in [2.45, 2.75) is 129 Å². The molecule has 0 saturated heterocycles. The Balaban J connectivity index is -0.000000125. The zero-order valence-corrected chi connectivity index (χ0v) is 20.9. The van der Waals surface area contributed by atoms with E-state index in [4.69, 9.17) is 5.11 Å². The number of benzene rings is 1. The van der Waals surface area contributed by atoms with Gasteiger partial charge >= 0.3 is 0 Å². The van der Waals surface area contributed by atoms with Crippen molar-refractivity contribution in [2.75, 3.05) is 13.7 Å². The monoisotopic (exact) mass is 460 g/mol. The maximum absolute atomic E-state index is 7.00. The van der Waals surface area contributed by atoms with Crippen LogP contribution in [-0.2, 0) is 6.54 Å². The van der Waals surface area contributed by atoms with E-state index in [0.717, 1.165) is 19.6 Å². The Morgan fingerprint density at radius 2 is 1.34 bits per heavy atom. The summed E-state index contributed by atoms with van der Waals surface area (Å²) in [7, 11) is 1.00. The van der Waals surface area contributed by atoms with E-state index in [-0.39, 0.29) is 27.8 Å². The molecule has 0 heterocycles. The molecule has 1 fully saturated rings. The van der Waals surface area contributed by atoms with Gasteiger partial charge in [0, 0.05) is 20.2 Å². The first-order valence-electron chi connectivity index (χ1n) is 11.8. The smallest absolute Gasteiger partial charge is 0.0319 e.